The van der Waals surface area contributed by atoms with Crippen molar-refractivity contribution in [1.29, 1.82) is 0 Å². The first kappa shape index (κ1) is 18.0. The number of hydrogen-bond acceptors (Lipinski definition) is 4. The molecule has 0 aromatic heterocycles. The van der Waals surface area contributed by atoms with Crippen molar-refractivity contribution in [3.05, 3.63) is 59.7 Å². The van der Waals surface area contributed by atoms with Crippen molar-refractivity contribution in [2.45, 2.75) is 26.2 Å². The third kappa shape index (κ3) is 4.04. The van der Waals surface area contributed by atoms with Crippen molar-refractivity contribution in [3.63, 3.8) is 0 Å². The summed E-state index contributed by atoms with van der Waals surface area (Å²) in [5.41, 5.74) is 1.49. The topological polar surface area (TPSA) is 64.6 Å². The van der Waals surface area contributed by atoms with Gasteiger partial charge in [0.25, 0.3) is 5.91 Å². The fourth-order valence-electron chi connectivity index (χ4n) is 2.94. The van der Waals surface area contributed by atoms with E-state index in [1.54, 1.807) is 0 Å². The number of esters is 1. The molecule has 3 rings (SSSR count). The lowest BCUT2D eigenvalue weighted by atomic mass is 9.88. The van der Waals surface area contributed by atoms with E-state index in [0.29, 0.717) is 24.0 Å². The molecule has 2 aromatic rings. The Morgan fingerprint density at radius 1 is 1.04 bits per heavy atom. The molecule has 1 heterocycles. The van der Waals surface area contributed by atoms with Gasteiger partial charge in [-0.3, -0.25) is 9.59 Å². The molecule has 5 heteroatoms. The lowest BCUT2D eigenvalue weighted by Crippen LogP contribution is -2.31. The Kier molecular flexibility index (Phi) is 5.56. The number of nitrogens with one attached hydrogen (secondary N) is 1. The average molecular weight is 353 g/mol. The van der Waals surface area contributed by atoms with E-state index in [4.69, 9.17) is 9.47 Å². The van der Waals surface area contributed by atoms with Crippen LogP contribution in [0.4, 0.5) is 0 Å². The second kappa shape index (κ2) is 8.04. The predicted octanol–water partition coefficient (Wildman–Crippen LogP) is 3.63. The number of rotatable bonds is 6. The first-order valence-corrected chi connectivity index (χ1v) is 8.85. The lowest BCUT2D eigenvalue weighted by Gasteiger charge is -2.26. The average Bonchev–Trinajstić information content (AvgIpc) is 2.63. The molecule has 5 nitrogen and oxygen atoms in total. The summed E-state index contributed by atoms with van der Waals surface area (Å²) >= 11 is 0. The molecule has 0 saturated carbocycles. The summed E-state index contributed by atoms with van der Waals surface area (Å²) < 4.78 is 11.2. The summed E-state index contributed by atoms with van der Waals surface area (Å²) in [5, 5.41) is 2.77. The van der Waals surface area contributed by atoms with Crippen molar-refractivity contribution in [2.75, 3.05) is 13.2 Å². The maximum atomic E-state index is 12.8. The molecule has 0 radical (unpaired) electrons. The monoisotopic (exact) mass is 353 g/mol. The third-order valence-electron chi connectivity index (χ3n) is 4.31. The van der Waals surface area contributed by atoms with E-state index in [0.717, 1.165) is 17.5 Å². The number of fused-ring (bicyclic) bond motifs is 2. The summed E-state index contributed by atoms with van der Waals surface area (Å²) in [5.74, 6) is 0.441. The number of hydrogen-bond donors (Lipinski definition) is 1. The Morgan fingerprint density at radius 3 is 2.19 bits per heavy atom. The Bertz CT molecular complexity index is 755. The minimum absolute atomic E-state index is 0.279. The largest absolute Gasteiger partial charge is 0.457 e. The van der Waals surface area contributed by atoms with Gasteiger partial charge in [0.2, 0.25) is 0 Å². The number of para-hydroxylation sites is 2. The Balaban J connectivity index is 1.70. The van der Waals surface area contributed by atoms with Gasteiger partial charge in [-0.1, -0.05) is 50.2 Å². The van der Waals surface area contributed by atoms with Gasteiger partial charge in [0.05, 0.1) is 0 Å². The van der Waals surface area contributed by atoms with Gasteiger partial charge in [-0.2, -0.15) is 0 Å². The summed E-state index contributed by atoms with van der Waals surface area (Å²) in [6.07, 6.45) is 0.889. The van der Waals surface area contributed by atoms with Gasteiger partial charge < -0.3 is 14.8 Å². The van der Waals surface area contributed by atoms with Crippen molar-refractivity contribution < 1.29 is 19.1 Å². The number of ether oxygens (including phenoxy) is 2. The molecule has 0 unspecified atom stereocenters. The molecular formula is C21H23NO4. The van der Waals surface area contributed by atoms with Crippen molar-refractivity contribution in [2.24, 2.45) is 5.92 Å². The fraction of sp³-hybridized carbons (Fsp3) is 0.333. The van der Waals surface area contributed by atoms with Crippen LogP contribution in [0.5, 0.6) is 11.5 Å². The highest BCUT2D eigenvalue weighted by Gasteiger charge is 2.33. The predicted molar refractivity (Wildman–Crippen MR) is 98.2 cm³/mol. The second-order valence-electron chi connectivity index (χ2n) is 6.75. The minimum atomic E-state index is -0.598. The van der Waals surface area contributed by atoms with Gasteiger partial charge in [0.15, 0.2) is 6.61 Å². The highest BCUT2D eigenvalue weighted by atomic mass is 16.5. The van der Waals surface area contributed by atoms with Crippen LogP contribution in [0, 0.1) is 5.92 Å². The molecule has 136 valence electrons. The molecule has 2 aromatic carbocycles. The fourth-order valence-corrected chi connectivity index (χ4v) is 2.94. The Morgan fingerprint density at radius 2 is 1.62 bits per heavy atom. The van der Waals surface area contributed by atoms with E-state index in [1.807, 2.05) is 48.5 Å². The van der Waals surface area contributed by atoms with Gasteiger partial charge >= 0.3 is 5.97 Å². The molecular weight excluding hydrogens is 330 g/mol. The van der Waals surface area contributed by atoms with Crippen LogP contribution >= 0.6 is 0 Å². The SMILES string of the molecule is CC(C)CCNC(=O)COC(=O)C1c2ccccc2Oc2ccccc21. The molecule has 1 aliphatic rings. The van der Waals surface area contributed by atoms with Crippen LogP contribution in [-0.4, -0.2) is 25.0 Å². The highest BCUT2D eigenvalue weighted by molar-refractivity contribution is 5.87. The zero-order chi connectivity index (χ0) is 18.5. The second-order valence-corrected chi connectivity index (χ2v) is 6.75. The van der Waals surface area contributed by atoms with Gasteiger partial charge in [-0.05, 0) is 24.5 Å². The molecule has 1 N–H and O–H groups in total. The standard InChI is InChI=1S/C21H23NO4/c1-14(2)11-12-22-19(23)13-25-21(24)20-15-7-3-5-9-17(15)26-18-10-6-4-8-16(18)20/h3-10,14,20H,11-13H2,1-2H3,(H,22,23). The van der Waals surface area contributed by atoms with Crippen LogP contribution < -0.4 is 10.1 Å². The number of carbonyl (C=O) groups is 2. The first-order valence-electron chi connectivity index (χ1n) is 8.85. The first-order chi connectivity index (χ1) is 12.6. The molecule has 0 atom stereocenters. The normalized spacial score (nSPS) is 12.7. The van der Waals surface area contributed by atoms with Crippen LogP contribution in [0.25, 0.3) is 0 Å². The summed E-state index contributed by atoms with van der Waals surface area (Å²) in [6, 6.07) is 14.8. The van der Waals surface area contributed by atoms with Crippen LogP contribution in [0.15, 0.2) is 48.5 Å². The van der Waals surface area contributed by atoms with E-state index in [2.05, 4.69) is 19.2 Å². The number of benzene rings is 2. The van der Waals surface area contributed by atoms with E-state index < -0.39 is 11.9 Å². The van der Waals surface area contributed by atoms with Crippen LogP contribution in [0.2, 0.25) is 0 Å². The lowest BCUT2D eigenvalue weighted by molar-refractivity contribution is -0.149. The van der Waals surface area contributed by atoms with E-state index >= 15 is 0 Å². The third-order valence-corrected chi connectivity index (χ3v) is 4.31. The molecule has 0 aliphatic carbocycles. The van der Waals surface area contributed by atoms with Crippen LogP contribution in [-0.2, 0) is 14.3 Å². The zero-order valence-corrected chi connectivity index (χ0v) is 15.0. The molecule has 1 amide bonds. The van der Waals surface area contributed by atoms with Crippen molar-refractivity contribution in [1.82, 2.24) is 5.32 Å². The van der Waals surface area contributed by atoms with Crippen LogP contribution in [0.3, 0.4) is 0 Å². The highest BCUT2D eigenvalue weighted by Crippen LogP contribution is 2.44. The quantitative estimate of drug-likeness (QED) is 0.806. The molecule has 0 spiro atoms. The molecule has 0 fully saturated rings. The zero-order valence-electron chi connectivity index (χ0n) is 15.0. The number of carbonyl (C=O) groups excluding carboxylic acids is 2. The molecule has 0 saturated heterocycles. The molecule has 1 aliphatic heterocycles. The van der Waals surface area contributed by atoms with Crippen LogP contribution in [0.1, 0.15) is 37.3 Å². The van der Waals surface area contributed by atoms with E-state index in [9.17, 15) is 9.59 Å². The molecule has 0 bridgehead atoms. The van der Waals surface area contributed by atoms with E-state index in [-0.39, 0.29) is 12.5 Å². The van der Waals surface area contributed by atoms with Gasteiger partial charge in [-0.25, -0.2) is 0 Å². The smallest absolute Gasteiger partial charge is 0.318 e. The minimum Gasteiger partial charge on any atom is -0.457 e. The van der Waals surface area contributed by atoms with Crippen molar-refractivity contribution in [3.8, 4) is 11.5 Å². The summed E-state index contributed by atoms with van der Waals surface area (Å²) in [4.78, 5) is 24.6. The number of amides is 1. The van der Waals surface area contributed by atoms with E-state index in [1.165, 1.54) is 0 Å². The summed E-state index contributed by atoms with van der Waals surface area (Å²) in [7, 11) is 0. The molecule has 26 heavy (non-hydrogen) atoms. The van der Waals surface area contributed by atoms with Gasteiger partial charge in [0.1, 0.15) is 17.4 Å². The summed E-state index contributed by atoms with van der Waals surface area (Å²) in [6.45, 7) is 4.48. The van der Waals surface area contributed by atoms with Gasteiger partial charge in [-0.15, -0.1) is 0 Å². The maximum absolute atomic E-state index is 12.8. The van der Waals surface area contributed by atoms with Crippen molar-refractivity contribution >= 4 is 11.9 Å². The Hall–Kier alpha value is -2.82. The van der Waals surface area contributed by atoms with Gasteiger partial charge in [0, 0.05) is 17.7 Å². The Labute approximate surface area is 153 Å². The maximum Gasteiger partial charge on any atom is 0.318 e.